The molecule has 0 amide bonds. The van der Waals surface area contributed by atoms with Gasteiger partial charge in [0.05, 0.1) is 36.9 Å². The predicted molar refractivity (Wildman–Crippen MR) is 106 cm³/mol. The summed E-state index contributed by atoms with van der Waals surface area (Å²) in [5.41, 5.74) is 4.17. The van der Waals surface area contributed by atoms with E-state index in [2.05, 4.69) is 30.7 Å². The number of hydrogen-bond acceptors (Lipinski definition) is 8. The van der Waals surface area contributed by atoms with E-state index in [1.165, 1.54) is 0 Å². The van der Waals surface area contributed by atoms with Crippen LogP contribution in [0.15, 0.2) is 42.9 Å². The molecule has 28 heavy (non-hydrogen) atoms. The molecule has 0 atom stereocenters. The molecular formula is C18H16N8OS. The molecule has 10 heteroatoms. The van der Waals surface area contributed by atoms with Crippen LogP contribution < -0.4 is 10.1 Å². The number of benzene rings is 1. The number of methoxy groups -OCH3 is 1. The Morgan fingerprint density at radius 2 is 2.00 bits per heavy atom. The number of nitrogens with one attached hydrogen (secondary N) is 1. The van der Waals surface area contributed by atoms with Crippen molar-refractivity contribution in [3.8, 4) is 17.0 Å². The van der Waals surface area contributed by atoms with Gasteiger partial charge in [-0.15, -0.1) is 10.2 Å². The van der Waals surface area contributed by atoms with Crippen molar-refractivity contribution in [1.29, 1.82) is 0 Å². The van der Waals surface area contributed by atoms with Crippen molar-refractivity contribution in [3.05, 3.63) is 53.6 Å². The van der Waals surface area contributed by atoms with Gasteiger partial charge in [0.1, 0.15) is 17.1 Å². The molecule has 0 aliphatic rings. The predicted octanol–water partition coefficient (Wildman–Crippen LogP) is 2.82. The molecule has 1 N–H and O–H groups in total. The maximum absolute atomic E-state index is 5.23. The van der Waals surface area contributed by atoms with Crippen molar-refractivity contribution in [3.63, 3.8) is 0 Å². The van der Waals surface area contributed by atoms with Crippen molar-refractivity contribution in [1.82, 2.24) is 34.4 Å². The highest BCUT2D eigenvalue weighted by atomic mass is 32.1. The first-order valence-electron chi connectivity index (χ1n) is 8.60. The SMILES string of the molecule is COc1ccc(-c2cc(NCc3cn4nc(C)sc4n3)c3nncn3n2)cc1. The third-order valence-corrected chi connectivity index (χ3v) is 5.15. The summed E-state index contributed by atoms with van der Waals surface area (Å²) in [7, 11) is 1.65. The topological polar surface area (TPSA) is 94.5 Å². The molecule has 0 aliphatic heterocycles. The van der Waals surface area contributed by atoms with Gasteiger partial charge in [0.2, 0.25) is 10.6 Å². The summed E-state index contributed by atoms with van der Waals surface area (Å²) in [4.78, 5) is 5.48. The zero-order valence-electron chi connectivity index (χ0n) is 15.2. The van der Waals surface area contributed by atoms with E-state index in [0.29, 0.717) is 12.2 Å². The molecule has 9 nitrogen and oxygen atoms in total. The number of fused-ring (bicyclic) bond motifs is 2. The standard InChI is InChI=1S/C18H16N8OS/c1-11-23-25-9-13(21-18(25)28-11)8-19-16-7-15(24-26-10-20-22-17(16)26)12-3-5-14(27-2)6-4-12/h3-7,9-10,19H,8H2,1-2H3. The van der Waals surface area contributed by atoms with Crippen LogP contribution in [-0.4, -0.2) is 41.5 Å². The molecule has 5 rings (SSSR count). The number of ether oxygens (including phenoxy) is 1. The second kappa shape index (κ2) is 6.57. The second-order valence-corrected chi connectivity index (χ2v) is 7.36. The second-order valence-electron chi connectivity index (χ2n) is 6.20. The van der Waals surface area contributed by atoms with Crippen molar-refractivity contribution >= 4 is 27.6 Å². The molecule has 140 valence electrons. The van der Waals surface area contributed by atoms with Crippen LogP contribution in [0.1, 0.15) is 10.7 Å². The summed E-state index contributed by atoms with van der Waals surface area (Å²) >= 11 is 1.57. The van der Waals surface area contributed by atoms with Crippen LogP contribution in [0.4, 0.5) is 5.69 Å². The van der Waals surface area contributed by atoms with E-state index in [4.69, 9.17) is 4.74 Å². The highest BCUT2D eigenvalue weighted by Crippen LogP contribution is 2.25. The fourth-order valence-corrected chi connectivity index (χ4v) is 3.72. The molecule has 4 heterocycles. The molecule has 0 radical (unpaired) electrons. The van der Waals surface area contributed by atoms with Gasteiger partial charge in [-0.3, -0.25) is 0 Å². The number of aryl methyl sites for hydroxylation is 1. The molecule has 0 unspecified atom stereocenters. The van der Waals surface area contributed by atoms with Gasteiger partial charge in [0, 0.05) is 5.56 Å². The summed E-state index contributed by atoms with van der Waals surface area (Å²) in [5, 5.41) is 21.5. The molecule has 4 aromatic heterocycles. The van der Waals surface area contributed by atoms with Crippen molar-refractivity contribution in [2.45, 2.75) is 13.5 Å². The van der Waals surface area contributed by atoms with E-state index in [-0.39, 0.29) is 0 Å². The molecule has 1 aromatic carbocycles. The number of hydrogen-bond donors (Lipinski definition) is 1. The number of imidazole rings is 1. The maximum Gasteiger partial charge on any atom is 0.212 e. The van der Waals surface area contributed by atoms with Crippen LogP contribution in [0.5, 0.6) is 5.75 Å². The molecule has 5 aromatic rings. The van der Waals surface area contributed by atoms with Gasteiger partial charge in [-0.2, -0.15) is 14.7 Å². The first-order valence-corrected chi connectivity index (χ1v) is 9.42. The number of anilines is 1. The maximum atomic E-state index is 5.23. The Morgan fingerprint density at radius 3 is 2.79 bits per heavy atom. The number of aromatic nitrogens is 7. The minimum atomic E-state index is 0.545. The van der Waals surface area contributed by atoms with Gasteiger partial charge in [0.15, 0.2) is 0 Å². The Bertz CT molecular complexity index is 1240. The van der Waals surface area contributed by atoms with E-state index in [1.807, 2.05) is 43.5 Å². The van der Waals surface area contributed by atoms with Gasteiger partial charge in [-0.1, -0.05) is 11.3 Å². The lowest BCUT2D eigenvalue weighted by Crippen LogP contribution is -2.04. The molecule has 0 fully saturated rings. The molecule has 0 saturated heterocycles. The smallest absolute Gasteiger partial charge is 0.212 e. The van der Waals surface area contributed by atoms with Crippen LogP contribution in [0, 0.1) is 6.92 Å². The summed E-state index contributed by atoms with van der Waals surface area (Å²) in [6.45, 7) is 2.51. The fraction of sp³-hybridized carbons (Fsp3) is 0.167. The largest absolute Gasteiger partial charge is 0.497 e. The van der Waals surface area contributed by atoms with Crippen LogP contribution >= 0.6 is 11.3 Å². The van der Waals surface area contributed by atoms with Crippen LogP contribution in [0.25, 0.3) is 21.9 Å². The summed E-state index contributed by atoms with van der Waals surface area (Å²) in [6.07, 6.45) is 3.52. The minimum absolute atomic E-state index is 0.545. The molecular weight excluding hydrogens is 376 g/mol. The normalized spacial score (nSPS) is 11.4. The van der Waals surface area contributed by atoms with E-state index in [0.717, 1.165) is 38.4 Å². The molecule has 0 bridgehead atoms. The highest BCUT2D eigenvalue weighted by Gasteiger charge is 2.11. The van der Waals surface area contributed by atoms with E-state index in [1.54, 1.807) is 33.8 Å². The van der Waals surface area contributed by atoms with Crippen molar-refractivity contribution in [2.75, 3.05) is 12.4 Å². The quantitative estimate of drug-likeness (QED) is 0.491. The zero-order valence-corrected chi connectivity index (χ0v) is 16.0. The van der Waals surface area contributed by atoms with Crippen molar-refractivity contribution < 1.29 is 4.74 Å². The van der Waals surface area contributed by atoms with E-state index >= 15 is 0 Å². The van der Waals surface area contributed by atoms with Crippen molar-refractivity contribution in [2.24, 2.45) is 0 Å². The lowest BCUT2D eigenvalue weighted by atomic mass is 10.1. The zero-order chi connectivity index (χ0) is 19.1. The molecule has 0 saturated carbocycles. The average molecular weight is 392 g/mol. The third-order valence-electron chi connectivity index (χ3n) is 4.31. The number of rotatable bonds is 5. The first kappa shape index (κ1) is 16.6. The van der Waals surface area contributed by atoms with Gasteiger partial charge < -0.3 is 10.1 Å². The summed E-state index contributed by atoms with van der Waals surface area (Å²) in [5.74, 6) is 0.802. The van der Waals surface area contributed by atoms with Gasteiger partial charge in [-0.05, 0) is 37.3 Å². The lowest BCUT2D eigenvalue weighted by molar-refractivity contribution is 0.415. The first-order chi connectivity index (χ1) is 13.7. The van der Waals surface area contributed by atoms with Crippen LogP contribution in [-0.2, 0) is 6.54 Å². The Labute approximate surface area is 163 Å². The Balaban J connectivity index is 1.46. The monoisotopic (exact) mass is 392 g/mol. The molecule has 0 aliphatic carbocycles. The van der Waals surface area contributed by atoms with Gasteiger partial charge in [0.25, 0.3) is 0 Å². The van der Waals surface area contributed by atoms with Crippen LogP contribution in [0.3, 0.4) is 0 Å². The van der Waals surface area contributed by atoms with E-state index in [9.17, 15) is 0 Å². The summed E-state index contributed by atoms with van der Waals surface area (Å²) < 4.78 is 8.70. The Kier molecular flexibility index (Phi) is 3.90. The minimum Gasteiger partial charge on any atom is -0.497 e. The summed E-state index contributed by atoms with van der Waals surface area (Å²) in [6, 6.07) is 9.73. The third kappa shape index (κ3) is 2.93. The highest BCUT2D eigenvalue weighted by molar-refractivity contribution is 7.16. The van der Waals surface area contributed by atoms with Gasteiger partial charge >= 0.3 is 0 Å². The van der Waals surface area contributed by atoms with E-state index < -0.39 is 0 Å². The molecule has 0 spiro atoms. The van der Waals surface area contributed by atoms with Crippen LogP contribution in [0.2, 0.25) is 0 Å². The Morgan fingerprint density at radius 1 is 1.14 bits per heavy atom. The lowest BCUT2D eigenvalue weighted by Gasteiger charge is -2.09. The fourth-order valence-electron chi connectivity index (χ4n) is 2.98. The van der Waals surface area contributed by atoms with Gasteiger partial charge in [-0.25, -0.2) is 9.50 Å². The average Bonchev–Trinajstić information content (AvgIpc) is 3.40. The number of nitrogens with zero attached hydrogens (tertiary/aromatic N) is 7. The Hall–Kier alpha value is -3.53.